The Hall–Kier alpha value is 0.440. The van der Waals surface area contributed by atoms with Crippen LogP contribution in [-0.2, 0) is 0 Å². The lowest BCUT2D eigenvalue weighted by atomic mass is 9.85. The number of piperidine rings is 3. The Morgan fingerprint density at radius 1 is 0.500 bits per heavy atom. The van der Waals surface area contributed by atoms with Crippen molar-refractivity contribution in [1.82, 2.24) is 0 Å². The fraction of sp³-hybridized carbons (Fsp3) is 1.00. The minimum absolute atomic E-state index is 0. The third-order valence-electron chi connectivity index (χ3n) is 7.77. The zero-order valence-electron chi connectivity index (χ0n) is 19.4. The van der Waals surface area contributed by atoms with Gasteiger partial charge in [0.05, 0.1) is 26.2 Å². The summed E-state index contributed by atoms with van der Waals surface area (Å²) in [5.41, 5.74) is 0. The Kier molecular flexibility index (Phi) is 16.2. The van der Waals surface area contributed by atoms with Crippen molar-refractivity contribution in [3.05, 3.63) is 0 Å². The predicted molar refractivity (Wildman–Crippen MR) is 121 cm³/mol. The van der Waals surface area contributed by atoms with E-state index < -0.39 is 0 Å². The molecule has 3 aliphatic heterocycles. The third-order valence-corrected chi connectivity index (χ3v) is 7.77. The number of fused-ring (bicyclic) bond motifs is 3. The van der Waals surface area contributed by atoms with E-state index in [-0.39, 0.29) is 17.0 Å². The van der Waals surface area contributed by atoms with Crippen molar-refractivity contribution in [3.63, 3.8) is 0 Å². The van der Waals surface area contributed by atoms with Gasteiger partial charge < -0.3 is 21.5 Å². The lowest BCUT2D eigenvalue weighted by Gasteiger charge is -2.49. The maximum Gasteiger partial charge on any atom is 0.0789 e. The molecule has 0 aromatic rings. The molecule has 3 fully saturated rings. The van der Waals surface area contributed by atoms with E-state index in [2.05, 4.69) is 6.92 Å². The van der Waals surface area contributed by atoms with Crippen LogP contribution < -0.4 is 17.0 Å². The van der Waals surface area contributed by atoms with Gasteiger partial charge in [0, 0.05) is 0 Å². The molecular formula is C26H52BrN. The van der Waals surface area contributed by atoms with Crippen LogP contribution in [0.15, 0.2) is 0 Å². The Labute approximate surface area is 188 Å². The van der Waals surface area contributed by atoms with Gasteiger partial charge in [0.15, 0.2) is 0 Å². The number of unbranched alkanes of at least 4 members (excludes halogenated alkanes) is 16. The first-order valence-electron chi connectivity index (χ1n) is 13.2. The monoisotopic (exact) mass is 457 g/mol. The quantitative estimate of drug-likeness (QED) is 0.194. The van der Waals surface area contributed by atoms with Gasteiger partial charge in [-0.15, -0.1) is 0 Å². The number of hydrogen-bond donors (Lipinski definition) is 0. The first kappa shape index (κ1) is 26.5. The van der Waals surface area contributed by atoms with Crippen molar-refractivity contribution in [1.29, 1.82) is 0 Å². The summed E-state index contributed by atoms with van der Waals surface area (Å²) in [6, 6.07) is 0. The molecule has 0 amide bonds. The topological polar surface area (TPSA) is 0 Å². The molecule has 0 spiro atoms. The summed E-state index contributed by atoms with van der Waals surface area (Å²) in [6.45, 7) is 8.36. The smallest absolute Gasteiger partial charge is 0.0789 e. The van der Waals surface area contributed by atoms with Gasteiger partial charge in [0.25, 0.3) is 0 Å². The molecule has 3 saturated heterocycles. The Bertz CT molecular complexity index is 322. The summed E-state index contributed by atoms with van der Waals surface area (Å²) in [6.07, 6.45) is 29.8. The molecule has 1 nitrogen and oxygen atoms in total. The Morgan fingerprint density at radius 3 is 1.18 bits per heavy atom. The SMILES string of the molecule is CCCCCCCCCCCCCCCCCCC[N+]12CCC(CC1)CC2.[Br-]. The lowest BCUT2D eigenvalue weighted by Crippen LogP contribution is -3.00. The number of hydrogen-bond acceptors (Lipinski definition) is 0. The largest absolute Gasteiger partial charge is 1.00 e. The first-order chi connectivity index (χ1) is 13.3. The van der Waals surface area contributed by atoms with Gasteiger partial charge in [-0.05, 0) is 38.0 Å². The van der Waals surface area contributed by atoms with Crippen LogP contribution in [0.3, 0.4) is 0 Å². The molecule has 3 heterocycles. The number of nitrogens with zero attached hydrogens (tertiary/aromatic N) is 1. The van der Waals surface area contributed by atoms with E-state index in [0.29, 0.717) is 0 Å². The van der Waals surface area contributed by atoms with E-state index >= 15 is 0 Å². The third kappa shape index (κ3) is 11.6. The van der Waals surface area contributed by atoms with Crippen LogP contribution in [0.5, 0.6) is 0 Å². The van der Waals surface area contributed by atoms with Gasteiger partial charge in [-0.25, -0.2) is 0 Å². The normalized spacial score (nSPS) is 23.7. The molecule has 2 bridgehead atoms. The van der Waals surface area contributed by atoms with Crippen molar-refractivity contribution >= 4 is 0 Å². The van der Waals surface area contributed by atoms with Crippen molar-refractivity contribution in [2.45, 2.75) is 135 Å². The highest BCUT2D eigenvalue weighted by Crippen LogP contribution is 2.33. The summed E-state index contributed by atoms with van der Waals surface area (Å²) in [5, 5.41) is 0. The molecular weight excluding hydrogens is 406 g/mol. The summed E-state index contributed by atoms with van der Waals surface area (Å²) in [5.74, 6) is 1.11. The minimum Gasteiger partial charge on any atom is -1.00 e. The first-order valence-corrected chi connectivity index (χ1v) is 13.2. The molecule has 2 heteroatoms. The average molecular weight is 459 g/mol. The van der Waals surface area contributed by atoms with Crippen molar-refractivity contribution in [3.8, 4) is 0 Å². The fourth-order valence-electron chi connectivity index (χ4n) is 5.65. The molecule has 168 valence electrons. The van der Waals surface area contributed by atoms with Crippen LogP contribution in [0.1, 0.15) is 135 Å². The van der Waals surface area contributed by atoms with Crippen molar-refractivity contribution < 1.29 is 21.5 Å². The maximum absolute atomic E-state index is 2.31. The molecule has 0 saturated carbocycles. The highest BCUT2D eigenvalue weighted by Gasteiger charge is 2.38. The summed E-state index contributed by atoms with van der Waals surface area (Å²) in [4.78, 5) is 0. The zero-order chi connectivity index (χ0) is 19.0. The van der Waals surface area contributed by atoms with Crippen LogP contribution in [0, 0.1) is 5.92 Å². The highest BCUT2D eigenvalue weighted by molar-refractivity contribution is 4.71. The maximum atomic E-state index is 2.31. The second-order valence-corrected chi connectivity index (χ2v) is 10.1. The highest BCUT2D eigenvalue weighted by atomic mass is 79.9. The molecule has 3 rings (SSSR count). The van der Waals surface area contributed by atoms with Crippen molar-refractivity contribution in [2.75, 3.05) is 26.2 Å². The molecule has 0 aromatic carbocycles. The van der Waals surface area contributed by atoms with E-state index in [0.717, 1.165) is 5.92 Å². The molecule has 0 aliphatic carbocycles. The van der Waals surface area contributed by atoms with Gasteiger partial charge in [0.2, 0.25) is 0 Å². The predicted octanol–water partition coefficient (Wildman–Crippen LogP) is 5.27. The van der Waals surface area contributed by atoms with Crippen LogP contribution in [0.2, 0.25) is 0 Å². The fourth-order valence-corrected chi connectivity index (χ4v) is 5.65. The van der Waals surface area contributed by atoms with Gasteiger partial charge in [-0.2, -0.15) is 0 Å². The molecule has 0 radical (unpaired) electrons. The lowest BCUT2D eigenvalue weighted by molar-refractivity contribution is -0.942. The minimum atomic E-state index is 0. The van der Waals surface area contributed by atoms with Gasteiger partial charge in [0.1, 0.15) is 0 Å². The zero-order valence-corrected chi connectivity index (χ0v) is 21.0. The summed E-state index contributed by atoms with van der Waals surface area (Å²) in [7, 11) is 0. The van der Waals surface area contributed by atoms with E-state index in [1.165, 1.54) is 140 Å². The van der Waals surface area contributed by atoms with Crippen LogP contribution in [-0.4, -0.2) is 30.7 Å². The Balaban J connectivity index is 0.00000392. The summed E-state index contributed by atoms with van der Waals surface area (Å²) < 4.78 is 1.51. The van der Waals surface area contributed by atoms with Gasteiger partial charge in [-0.3, -0.25) is 0 Å². The number of halogens is 1. The van der Waals surface area contributed by atoms with Gasteiger partial charge >= 0.3 is 0 Å². The average Bonchev–Trinajstić information content (AvgIpc) is 2.71. The molecule has 0 atom stereocenters. The van der Waals surface area contributed by atoms with Crippen molar-refractivity contribution in [2.24, 2.45) is 5.92 Å². The number of quaternary nitrogens is 1. The van der Waals surface area contributed by atoms with E-state index in [4.69, 9.17) is 0 Å². The van der Waals surface area contributed by atoms with Crippen LogP contribution in [0.25, 0.3) is 0 Å². The van der Waals surface area contributed by atoms with Crippen LogP contribution in [0.4, 0.5) is 0 Å². The molecule has 0 unspecified atom stereocenters. The van der Waals surface area contributed by atoms with E-state index in [9.17, 15) is 0 Å². The van der Waals surface area contributed by atoms with Crippen LogP contribution >= 0.6 is 0 Å². The number of rotatable bonds is 18. The molecule has 3 aliphatic rings. The second kappa shape index (κ2) is 17.2. The second-order valence-electron chi connectivity index (χ2n) is 10.1. The van der Waals surface area contributed by atoms with E-state index in [1.54, 1.807) is 19.3 Å². The Morgan fingerprint density at radius 2 is 0.821 bits per heavy atom. The van der Waals surface area contributed by atoms with E-state index in [1.807, 2.05) is 0 Å². The standard InChI is InChI=1S/C26H52N.BrH/c1-2-3-4-5-6-7-8-9-10-11-12-13-14-15-16-17-18-22-27-23-19-26(20-24-27)21-25-27;/h26H,2-25H2,1H3;1H/q+1;/p-1. The summed E-state index contributed by atoms with van der Waals surface area (Å²) >= 11 is 0. The molecule has 28 heavy (non-hydrogen) atoms. The van der Waals surface area contributed by atoms with Gasteiger partial charge in [-0.1, -0.05) is 103 Å². The molecule has 0 aromatic heterocycles. The molecule has 0 N–H and O–H groups in total.